The normalized spacial score (nSPS) is 18.6. The minimum Gasteiger partial charge on any atom is -0.313 e. The summed E-state index contributed by atoms with van der Waals surface area (Å²) in [6, 6.07) is 5.87. The van der Waals surface area contributed by atoms with Crippen molar-refractivity contribution in [1.82, 2.24) is 20.1 Å². The number of nitrogens with zero attached hydrogens (tertiary/aromatic N) is 2. The number of nitrogens with one attached hydrogen (secondary N) is 3. The van der Waals surface area contributed by atoms with Gasteiger partial charge in [0.25, 0.3) is 11.8 Å². The topological polar surface area (TPSA) is 128 Å². The molecule has 2 aromatic rings. The lowest BCUT2D eigenvalue weighted by Crippen LogP contribution is -2.41. The third kappa shape index (κ3) is 6.03. The Labute approximate surface area is 221 Å². The number of carbonyl (C=O) groups is 3. The first-order chi connectivity index (χ1) is 17.6. The van der Waals surface area contributed by atoms with Crippen LogP contribution in [0.25, 0.3) is 0 Å². The van der Waals surface area contributed by atoms with Crippen LogP contribution in [0.2, 0.25) is 0 Å². The summed E-state index contributed by atoms with van der Waals surface area (Å²) in [6.45, 7) is 8.74. The number of hydrogen-bond donors (Lipinski definition) is 3. The number of piperidine rings is 1. The van der Waals surface area contributed by atoms with E-state index in [4.69, 9.17) is 0 Å². The molecule has 10 nitrogen and oxygen atoms in total. The zero-order chi connectivity index (χ0) is 26.7. The summed E-state index contributed by atoms with van der Waals surface area (Å²) >= 11 is 1.34. The van der Waals surface area contributed by atoms with Crippen LogP contribution in [0.15, 0.2) is 29.2 Å². The summed E-state index contributed by atoms with van der Waals surface area (Å²) in [5, 5.41) is 3.24. The highest BCUT2D eigenvalue weighted by Gasteiger charge is 2.30. The number of carbonyl (C=O) groups excluding carboxylic acids is 3. The van der Waals surface area contributed by atoms with Crippen LogP contribution in [0, 0.1) is 5.92 Å². The average Bonchev–Trinajstić information content (AvgIpc) is 3.24. The zero-order valence-electron chi connectivity index (χ0n) is 21.3. The summed E-state index contributed by atoms with van der Waals surface area (Å²) in [7, 11) is -3.63. The van der Waals surface area contributed by atoms with E-state index in [1.54, 1.807) is 0 Å². The van der Waals surface area contributed by atoms with Gasteiger partial charge in [-0.2, -0.15) is 4.31 Å². The Balaban J connectivity index is 1.55. The lowest BCUT2D eigenvalue weighted by atomic mass is 10.0. The quantitative estimate of drug-likeness (QED) is 0.477. The molecule has 37 heavy (non-hydrogen) atoms. The minimum atomic E-state index is -3.63. The summed E-state index contributed by atoms with van der Waals surface area (Å²) in [6.07, 6.45) is 2.50. The number of likely N-dealkylation sites (N-methyl/N-ethyl adjacent to an activating group) is 1. The highest BCUT2D eigenvalue weighted by molar-refractivity contribution is 7.89. The number of hydrazine groups is 1. The van der Waals surface area contributed by atoms with Gasteiger partial charge in [-0.15, -0.1) is 11.3 Å². The molecule has 3 amide bonds. The van der Waals surface area contributed by atoms with Crippen molar-refractivity contribution in [1.29, 1.82) is 0 Å². The second-order valence-corrected chi connectivity index (χ2v) is 12.6. The Bertz CT molecular complexity index is 1290. The van der Waals surface area contributed by atoms with Crippen molar-refractivity contribution < 1.29 is 22.8 Å². The molecule has 2 aliphatic heterocycles. The monoisotopic (exact) mass is 547 g/mol. The van der Waals surface area contributed by atoms with Gasteiger partial charge in [-0.05, 0) is 61.6 Å². The third-order valence-electron chi connectivity index (χ3n) is 6.76. The Kier molecular flexibility index (Phi) is 8.32. The van der Waals surface area contributed by atoms with Crippen LogP contribution < -0.4 is 16.2 Å². The first-order valence-corrected chi connectivity index (χ1v) is 14.7. The van der Waals surface area contributed by atoms with Gasteiger partial charge in [-0.25, -0.2) is 8.42 Å². The molecule has 0 spiro atoms. The summed E-state index contributed by atoms with van der Waals surface area (Å²) < 4.78 is 27.6. The molecular formula is C25H33N5O5S2. The number of anilines is 1. The highest BCUT2D eigenvalue weighted by atomic mass is 32.2. The molecule has 12 heteroatoms. The number of hydrogen-bond acceptors (Lipinski definition) is 7. The number of benzene rings is 1. The molecule has 0 bridgehead atoms. The first-order valence-electron chi connectivity index (χ1n) is 12.5. The lowest BCUT2D eigenvalue weighted by Gasteiger charge is -2.30. The van der Waals surface area contributed by atoms with E-state index in [1.165, 1.54) is 46.8 Å². The molecular weight excluding hydrogens is 514 g/mol. The number of fused-ring (bicyclic) bond motifs is 1. The van der Waals surface area contributed by atoms with Gasteiger partial charge in [0.05, 0.1) is 10.5 Å². The van der Waals surface area contributed by atoms with Crippen LogP contribution >= 0.6 is 11.3 Å². The molecule has 0 radical (unpaired) electrons. The number of thiophene rings is 1. The van der Waals surface area contributed by atoms with E-state index in [0.29, 0.717) is 42.5 Å². The maximum atomic E-state index is 13.1. The summed E-state index contributed by atoms with van der Waals surface area (Å²) in [4.78, 5) is 40.8. The Morgan fingerprint density at radius 2 is 1.81 bits per heavy atom. The van der Waals surface area contributed by atoms with Gasteiger partial charge in [-0.3, -0.25) is 30.1 Å². The van der Waals surface area contributed by atoms with E-state index < -0.39 is 27.7 Å². The molecule has 4 rings (SSSR count). The van der Waals surface area contributed by atoms with Crippen LogP contribution in [-0.4, -0.2) is 61.5 Å². The van der Waals surface area contributed by atoms with Crippen molar-refractivity contribution in [2.24, 2.45) is 5.92 Å². The van der Waals surface area contributed by atoms with Gasteiger partial charge in [0.2, 0.25) is 15.9 Å². The van der Waals surface area contributed by atoms with Crippen molar-refractivity contribution in [3.8, 4) is 0 Å². The van der Waals surface area contributed by atoms with Gasteiger partial charge >= 0.3 is 0 Å². The molecule has 200 valence electrons. The molecule has 0 aliphatic carbocycles. The second kappa shape index (κ2) is 11.3. The van der Waals surface area contributed by atoms with Gasteiger partial charge in [0, 0.05) is 43.5 Å². The van der Waals surface area contributed by atoms with E-state index in [-0.39, 0.29) is 10.5 Å². The molecule has 2 aliphatic rings. The van der Waals surface area contributed by atoms with E-state index in [9.17, 15) is 22.8 Å². The van der Waals surface area contributed by atoms with Crippen LogP contribution in [0.4, 0.5) is 5.00 Å². The maximum Gasteiger partial charge on any atom is 0.272 e. The largest absolute Gasteiger partial charge is 0.313 e. The maximum absolute atomic E-state index is 13.1. The fraction of sp³-hybridized carbons (Fsp3) is 0.480. The molecule has 1 saturated heterocycles. The van der Waals surface area contributed by atoms with Crippen molar-refractivity contribution in [2.75, 3.05) is 31.5 Å². The van der Waals surface area contributed by atoms with Crippen LogP contribution in [0.5, 0.6) is 0 Å². The van der Waals surface area contributed by atoms with Gasteiger partial charge in [0.15, 0.2) is 0 Å². The summed E-state index contributed by atoms with van der Waals surface area (Å²) in [5.41, 5.74) is 6.20. The molecule has 3 heterocycles. The van der Waals surface area contributed by atoms with E-state index in [1.807, 2.05) is 6.92 Å². The van der Waals surface area contributed by atoms with Crippen LogP contribution in [-0.2, 0) is 27.8 Å². The highest BCUT2D eigenvalue weighted by Crippen LogP contribution is 2.37. The Hall–Kier alpha value is -2.80. The fourth-order valence-electron chi connectivity index (χ4n) is 4.73. The average molecular weight is 548 g/mol. The van der Waals surface area contributed by atoms with E-state index in [2.05, 4.69) is 28.0 Å². The van der Waals surface area contributed by atoms with Gasteiger partial charge in [-0.1, -0.05) is 13.8 Å². The molecule has 1 aromatic heterocycles. The molecule has 1 fully saturated rings. The number of amides is 3. The minimum absolute atomic E-state index is 0.153. The van der Waals surface area contributed by atoms with Gasteiger partial charge < -0.3 is 5.32 Å². The second-order valence-electron chi connectivity index (χ2n) is 9.55. The van der Waals surface area contributed by atoms with Crippen molar-refractivity contribution >= 4 is 44.1 Å². The van der Waals surface area contributed by atoms with Crippen LogP contribution in [0.3, 0.4) is 0 Å². The van der Waals surface area contributed by atoms with E-state index >= 15 is 0 Å². The van der Waals surface area contributed by atoms with Gasteiger partial charge in [0.1, 0.15) is 5.00 Å². The number of rotatable bonds is 6. The zero-order valence-corrected chi connectivity index (χ0v) is 22.9. The predicted molar refractivity (Wildman–Crippen MR) is 142 cm³/mol. The molecule has 1 aromatic carbocycles. The third-order valence-corrected chi connectivity index (χ3v) is 9.77. The SMILES string of the molecule is CCN1CCc2c(sc(NC(=O)c3ccc(S(=O)(=O)N4CCCC(C)C4)cc3)c2C(=O)NNC(C)=O)C1. The molecule has 1 atom stereocenters. The number of sulfonamides is 1. The standard InChI is InChI=1S/C25H33N5O5S2/c1-4-29-13-11-20-21(15-29)36-25(22(20)24(33)28-27-17(3)31)26-23(32)18-7-9-19(10-8-18)37(34,35)30-12-5-6-16(2)14-30/h7-10,16H,4-6,11-15H2,1-3H3,(H,26,32)(H,27,31)(H,28,33). The Morgan fingerprint density at radius 3 is 2.46 bits per heavy atom. The van der Waals surface area contributed by atoms with E-state index in [0.717, 1.165) is 36.4 Å². The van der Waals surface area contributed by atoms with Crippen molar-refractivity contribution in [2.45, 2.75) is 51.5 Å². The molecule has 1 unspecified atom stereocenters. The lowest BCUT2D eigenvalue weighted by molar-refractivity contribution is -0.119. The van der Waals surface area contributed by atoms with Crippen molar-refractivity contribution in [3.63, 3.8) is 0 Å². The van der Waals surface area contributed by atoms with Crippen LogP contribution in [0.1, 0.15) is 64.8 Å². The molecule has 0 saturated carbocycles. The summed E-state index contributed by atoms with van der Waals surface area (Å²) in [5.74, 6) is -1.04. The van der Waals surface area contributed by atoms with Crippen molar-refractivity contribution in [3.05, 3.63) is 45.8 Å². The smallest absolute Gasteiger partial charge is 0.272 e. The predicted octanol–water partition coefficient (Wildman–Crippen LogP) is 2.58. The molecule has 3 N–H and O–H groups in total. The fourth-order valence-corrected chi connectivity index (χ4v) is 7.61. The Morgan fingerprint density at radius 1 is 1.08 bits per heavy atom. The first kappa shape index (κ1) is 27.2.